The van der Waals surface area contributed by atoms with E-state index >= 15 is 0 Å². The van der Waals surface area contributed by atoms with Crippen LogP contribution in [0.3, 0.4) is 0 Å². The number of ether oxygens (including phenoxy) is 1. The Morgan fingerprint density at radius 2 is 2.07 bits per heavy atom. The second-order valence-corrected chi connectivity index (χ2v) is 3.77. The van der Waals surface area contributed by atoms with Crippen molar-refractivity contribution in [2.45, 2.75) is 0 Å². The topological polar surface area (TPSA) is 61.0 Å². The van der Waals surface area contributed by atoms with Gasteiger partial charge in [-0.05, 0) is 28.1 Å². The minimum absolute atomic E-state index is 0.426. The van der Waals surface area contributed by atoms with Gasteiger partial charge in [-0.2, -0.15) is 0 Å². The van der Waals surface area contributed by atoms with Gasteiger partial charge >= 0.3 is 0 Å². The predicted molar refractivity (Wildman–Crippen MR) is 60.7 cm³/mol. The molecule has 0 aliphatic rings. The normalized spacial score (nSPS) is 9.93. The second kappa shape index (κ2) is 4.27. The average Bonchev–Trinajstić information content (AvgIpc) is 2.17. The molecule has 2 aromatic rings. The minimum atomic E-state index is 0.426. The molecule has 0 atom stereocenters. The summed E-state index contributed by atoms with van der Waals surface area (Å²) in [6.07, 6.45) is 4.91. The number of nitrogen functional groups attached to an aromatic ring is 1. The summed E-state index contributed by atoms with van der Waals surface area (Å²) < 4.78 is 6.39. The first-order chi connectivity index (χ1) is 7.24. The van der Waals surface area contributed by atoms with Gasteiger partial charge in [-0.3, -0.25) is 4.98 Å². The lowest BCUT2D eigenvalue weighted by atomic mass is 10.4. The Kier molecular flexibility index (Phi) is 2.82. The summed E-state index contributed by atoms with van der Waals surface area (Å²) in [5.41, 5.74) is 5.53. The van der Waals surface area contributed by atoms with Crippen LogP contribution >= 0.6 is 15.9 Å². The zero-order valence-electron chi connectivity index (χ0n) is 7.72. The van der Waals surface area contributed by atoms with E-state index in [0.717, 1.165) is 4.47 Å². The van der Waals surface area contributed by atoms with E-state index < -0.39 is 0 Å². The average molecular weight is 266 g/mol. The fourth-order valence-corrected chi connectivity index (χ4v) is 1.42. The van der Waals surface area contributed by atoms with Crippen LogP contribution in [0.1, 0.15) is 0 Å². The van der Waals surface area contributed by atoms with Crippen LogP contribution < -0.4 is 10.5 Å². The monoisotopic (exact) mass is 265 g/mol. The number of nitrogens with zero attached hydrogens (tertiary/aromatic N) is 2. The van der Waals surface area contributed by atoms with Gasteiger partial charge in [0.05, 0.1) is 6.20 Å². The van der Waals surface area contributed by atoms with Gasteiger partial charge < -0.3 is 10.5 Å². The zero-order valence-corrected chi connectivity index (χ0v) is 9.31. The van der Waals surface area contributed by atoms with Crippen molar-refractivity contribution in [1.82, 2.24) is 9.97 Å². The molecule has 15 heavy (non-hydrogen) atoms. The van der Waals surface area contributed by atoms with E-state index in [4.69, 9.17) is 10.5 Å². The highest BCUT2D eigenvalue weighted by atomic mass is 79.9. The Morgan fingerprint density at radius 3 is 2.80 bits per heavy atom. The van der Waals surface area contributed by atoms with Gasteiger partial charge in [-0.25, -0.2) is 4.98 Å². The first kappa shape index (κ1) is 9.92. The molecule has 0 saturated heterocycles. The highest BCUT2D eigenvalue weighted by Crippen LogP contribution is 2.23. The second-order valence-electron chi connectivity index (χ2n) is 2.86. The van der Waals surface area contributed by atoms with Crippen molar-refractivity contribution in [2.75, 3.05) is 5.73 Å². The largest absolute Gasteiger partial charge is 0.456 e. The van der Waals surface area contributed by atoms with Crippen molar-refractivity contribution in [3.05, 3.63) is 41.3 Å². The molecule has 0 unspecified atom stereocenters. The van der Waals surface area contributed by atoms with E-state index in [1.54, 1.807) is 30.7 Å². The molecule has 2 heterocycles. The standard InChI is InChI=1S/C10H8BrN3O/c11-7-3-9(6-13-5-7)15-8-1-2-14-10(12)4-8/h1-6H,(H2,12,14). The van der Waals surface area contributed by atoms with Crippen LogP contribution in [0.25, 0.3) is 0 Å². The number of halogens is 1. The SMILES string of the molecule is Nc1cc(Oc2cncc(Br)c2)ccn1. The van der Waals surface area contributed by atoms with E-state index in [2.05, 4.69) is 25.9 Å². The van der Waals surface area contributed by atoms with Gasteiger partial charge in [0.1, 0.15) is 17.3 Å². The number of hydrogen-bond acceptors (Lipinski definition) is 4. The van der Waals surface area contributed by atoms with Gasteiger partial charge in [-0.1, -0.05) is 0 Å². The summed E-state index contributed by atoms with van der Waals surface area (Å²) in [5.74, 6) is 1.72. The lowest BCUT2D eigenvalue weighted by Crippen LogP contribution is -1.91. The predicted octanol–water partition coefficient (Wildman–Crippen LogP) is 2.61. The number of pyridine rings is 2. The summed E-state index contributed by atoms with van der Waals surface area (Å²) in [4.78, 5) is 7.86. The van der Waals surface area contributed by atoms with Gasteiger partial charge in [0.25, 0.3) is 0 Å². The Balaban J connectivity index is 2.22. The van der Waals surface area contributed by atoms with Crippen LogP contribution in [0.15, 0.2) is 41.3 Å². The third-order valence-corrected chi connectivity index (χ3v) is 2.10. The van der Waals surface area contributed by atoms with Crippen LogP contribution in [0.4, 0.5) is 5.82 Å². The van der Waals surface area contributed by atoms with Gasteiger partial charge in [0.2, 0.25) is 0 Å². The van der Waals surface area contributed by atoms with Crippen LogP contribution in [0.5, 0.6) is 11.5 Å². The molecule has 0 radical (unpaired) electrons. The molecule has 0 bridgehead atoms. The summed E-state index contributed by atoms with van der Waals surface area (Å²) >= 11 is 3.31. The van der Waals surface area contributed by atoms with Crippen molar-refractivity contribution in [3.8, 4) is 11.5 Å². The number of nitrogens with two attached hydrogens (primary N) is 1. The Hall–Kier alpha value is -1.62. The van der Waals surface area contributed by atoms with Crippen LogP contribution in [0, 0.1) is 0 Å². The third kappa shape index (κ3) is 2.66. The summed E-state index contributed by atoms with van der Waals surface area (Å²) in [6.45, 7) is 0. The number of aromatic nitrogens is 2. The lowest BCUT2D eigenvalue weighted by molar-refractivity contribution is 0.479. The maximum Gasteiger partial charge on any atom is 0.146 e. The maximum atomic E-state index is 5.53. The smallest absolute Gasteiger partial charge is 0.146 e. The number of rotatable bonds is 2. The van der Waals surface area contributed by atoms with Gasteiger partial charge in [0.15, 0.2) is 0 Å². The molecule has 0 amide bonds. The first-order valence-electron chi connectivity index (χ1n) is 4.24. The van der Waals surface area contributed by atoms with Crippen molar-refractivity contribution in [1.29, 1.82) is 0 Å². The molecule has 0 saturated carbocycles. The fourth-order valence-electron chi connectivity index (χ4n) is 1.08. The highest BCUT2D eigenvalue weighted by Gasteiger charge is 1.99. The van der Waals surface area contributed by atoms with Crippen molar-refractivity contribution in [3.63, 3.8) is 0 Å². The van der Waals surface area contributed by atoms with Crippen LogP contribution in [-0.4, -0.2) is 9.97 Å². The molecule has 2 rings (SSSR count). The lowest BCUT2D eigenvalue weighted by Gasteiger charge is -2.05. The van der Waals surface area contributed by atoms with E-state index in [-0.39, 0.29) is 0 Å². The Morgan fingerprint density at radius 1 is 1.20 bits per heavy atom. The fraction of sp³-hybridized carbons (Fsp3) is 0. The first-order valence-corrected chi connectivity index (χ1v) is 5.03. The molecule has 0 spiro atoms. The zero-order chi connectivity index (χ0) is 10.7. The van der Waals surface area contributed by atoms with E-state index in [1.807, 2.05) is 6.07 Å². The molecule has 0 fully saturated rings. The van der Waals surface area contributed by atoms with E-state index in [0.29, 0.717) is 17.3 Å². The highest BCUT2D eigenvalue weighted by molar-refractivity contribution is 9.10. The molecule has 76 valence electrons. The molecule has 0 aliphatic heterocycles. The van der Waals surface area contributed by atoms with Crippen molar-refractivity contribution < 1.29 is 4.74 Å². The minimum Gasteiger partial charge on any atom is -0.456 e. The molecular formula is C10H8BrN3O. The molecule has 0 aromatic carbocycles. The van der Waals surface area contributed by atoms with Gasteiger partial charge in [-0.15, -0.1) is 0 Å². The summed E-state index contributed by atoms with van der Waals surface area (Å²) in [5, 5.41) is 0. The van der Waals surface area contributed by atoms with E-state index in [1.165, 1.54) is 0 Å². The van der Waals surface area contributed by atoms with Gasteiger partial charge in [0, 0.05) is 22.9 Å². The number of anilines is 1. The molecule has 4 nitrogen and oxygen atoms in total. The van der Waals surface area contributed by atoms with Crippen molar-refractivity contribution in [2.24, 2.45) is 0 Å². The number of hydrogen-bond donors (Lipinski definition) is 1. The summed E-state index contributed by atoms with van der Waals surface area (Å²) in [6, 6.07) is 5.21. The molecule has 2 aromatic heterocycles. The van der Waals surface area contributed by atoms with Crippen molar-refractivity contribution >= 4 is 21.7 Å². The maximum absolute atomic E-state index is 5.53. The molecular weight excluding hydrogens is 258 g/mol. The molecule has 5 heteroatoms. The molecule has 2 N–H and O–H groups in total. The van der Waals surface area contributed by atoms with Crippen LogP contribution in [-0.2, 0) is 0 Å². The third-order valence-electron chi connectivity index (χ3n) is 1.67. The Bertz CT molecular complexity index is 432. The van der Waals surface area contributed by atoms with Crippen LogP contribution in [0.2, 0.25) is 0 Å². The van der Waals surface area contributed by atoms with E-state index in [9.17, 15) is 0 Å². The summed E-state index contributed by atoms with van der Waals surface area (Å²) in [7, 11) is 0. The molecule has 0 aliphatic carbocycles. The Labute approximate surface area is 95.2 Å². The quantitative estimate of drug-likeness (QED) is 0.907.